The second-order valence-electron chi connectivity index (χ2n) is 3.18. The van der Waals surface area contributed by atoms with Gasteiger partial charge in [-0.25, -0.2) is 9.00 Å². The van der Waals surface area contributed by atoms with E-state index < -0.39 is 18.0 Å². The van der Waals surface area contributed by atoms with E-state index in [4.69, 9.17) is 5.11 Å². The summed E-state index contributed by atoms with van der Waals surface area (Å²) in [6, 6.07) is 0. The molecule has 0 bridgehead atoms. The van der Waals surface area contributed by atoms with Gasteiger partial charge in [-0.1, -0.05) is 6.42 Å². The lowest BCUT2D eigenvalue weighted by atomic mass is 9.85. The van der Waals surface area contributed by atoms with Crippen molar-refractivity contribution in [2.75, 3.05) is 0 Å². The zero-order chi connectivity index (χ0) is 9.84. The lowest BCUT2D eigenvalue weighted by molar-refractivity contribution is -0.148. The maximum Gasteiger partial charge on any atom is 0.333 e. The molecule has 0 aliphatic heterocycles. The fourth-order valence-corrected chi connectivity index (χ4v) is 2.22. The van der Waals surface area contributed by atoms with Gasteiger partial charge in [0.2, 0.25) is 0 Å². The molecule has 2 atom stereocenters. The predicted molar refractivity (Wildman–Crippen MR) is 48.8 cm³/mol. The summed E-state index contributed by atoms with van der Waals surface area (Å²) in [6.45, 7) is 0. The maximum atomic E-state index is 10.6. The number of carboxylic acids is 1. The molecule has 0 saturated heterocycles. The van der Waals surface area contributed by atoms with Gasteiger partial charge in [-0.3, -0.25) is 0 Å². The van der Waals surface area contributed by atoms with Crippen LogP contribution in [0.5, 0.6) is 0 Å². The fraction of sp³-hybridized carbons (Fsp3) is 0.750. The molecule has 13 heavy (non-hydrogen) atoms. The van der Waals surface area contributed by atoms with Gasteiger partial charge >= 0.3 is 5.97 Å². The molecule has 0 aromatic carbocycles. The fourth-order valence-electron chi connectivity index (χ4n) is 1.62. The van der Waals surface area contributed by atoms with E-state index in [-0.39, 0.29) is 0 Å². The van der Waals surface area contributed by atoms with E-state index in [0.717, 1.165) is 12.8 Å². The first-order valence-electron chi connectivity index (χ1n) is 4.23. The van der Waals surface area contributed by atoms with Crippen molar-refractivity contribution < 1.29 is 19.2 Å². The van der Waals surface area contributed by atoms with Gasteiger partial charge in [0.1, 0.15) is 0 Å². The van der Waals surface area contributed by atoms with Gasteiger partial charge in [-0.15, -0.1) is 0 Å². The van der Waals surface area contributed by atoms with E-state index in [2.05, 4.69) is 0 Å². The van der Waals surface area contributed by atoms with Crippen LogP contribution in [0.1, 0.15) is 25.7 Å². The van der Waals surface area contributed by atoms with Gasteiger partial charge < -0.3 is 10.2 Å². The van der Waals surface area contributed by atoms with Crippen LogP contribution in [0.4, 0.5) is 0 Å². The smallest absolute Gasteiger partial charge is 0.333 e. The highest BCUT2D eigenvalue weighted by atomic mass is 32.1. The summed E-state index contributed by atoms with van der Waals surface area (Å²) in [5, 5.41) is 17.9. The molecule has 1 rings (SSSR count). The number of hydrogen-bond acceptors (Lipinski definition) is 3. The molecule has 0 aromatic heterocycles. The molecule has 1 aliphatic rings. The molecule has 1 saturated carbocycles. The Morgan fingerprint density at radius 2 is 2.23 bits per heavy atom. The zero-order valence-corrected chi connectivity index (χ0v) is 7.92. The number of hydrogen-bond donors (Lipinski definition) is 2. The van der Waals surface area contributed by atoms with Gasteiger partial charge in [-0.2, -0.15) is 0 Å². The van der Waals surface area contributed by atoms with Crippen LogP contribution < -0.4 is 0 Å². The number of rotatable bonds is 2. The van der Waals surface area contributed by atoms with E-state index in [1.54, 1.807) is 0 Å². The minimum absolute atomic E-state index is 0.343. The number of aliphatic carboxylic acids is 1. The minimum Gasteiger partial charge on any atom is -0.479 e. The molecule has 0 heterocycles. The number of carboxylic acid groups (broad SMARTS) is 1. The van der Waals surface area contributed by atoms with E-state index in [1.165, 1.54) is 0 Å². The molecule has 0 radical (unpaired) electrons. The SMILES string of the molecule is O=S=C1CCCCC1C(O)C(=O)O. The lowest BCUT2D eigenvalue weighted by Gasteiger charge is -2.24. The summed E-state index contributed by atoms with van der Waals surface area (Å²) < 4.78 is 10.6. The molecule has 1 fully saturated rings. The van der Waals surface area contributed by atoms with Gasteiger partial charge in [0.05, 0.1) is 11.3 Å². The molecule has 0 spiro atoms. The number of carbonyl (C=O) groups is 1. The van der Waals surface area contributed by atoms with Crippen LogP contribution in [-0.4, -0.2) is 31.4 Å². The zero-order valence-electron chi connectivity index (χ0n) is 7.10. The molecule has 2 N–H and O–H groups in total. The maximum absolute atomic E-state index is 10.6. The predicted octanol–water partition coefficient (Wildman–Crippen LogP) is 0.00750. The summed E-state index contributed by atoms with van der Waals surface area (Å²) in [4.78, 5) is 11.1. The first-order valence-corrected chi connectivity index (χ1v) is 4.97. The van der Waals surface area contributed by atoms with Gasteiger partial charge in [-0.05, 0) is 19.3 Å². The average molecular weight is 204 g/mol. The number of aliphatic hydroxyl groups excluding tert-OH is 1. The van der Waals surface area contributed by atoms with E-state index >= 15 is 0 Å². The van der Waals surface area contributed by atoms with Crippen molar-refractivity contribution in [3.8, 4) is 0 Å². The lowest BCUT2D eigenvalue weighted by Crippen LogP contribution is -2.36. The molecule has 2 unspecified atom stereocenters. The van der Waals surface area contributed by atoms with Crippen LogP contribution in [0.3, 0.4) is 0 Å². The summed E-state index contributed by atoms with van der Waals surface area (Å²) >= 11 is 0.343. The second kappa shape index (κ2) is 4.53. The minimum atomic E-state index is -1.41. The molecular weight excluding hydrogens is 192 g/mol. The summed E-state index contributed by atoms with van der Waals surface area (Å²) in [5.41, 5.74) is 0. The Labute approximate surface area is 79.6 Å². The Hall–Kier alpha value is -0.680. The first kappa shape index (κ1) is 10.4. The monoisotopic (exact) mass is 204 g/mol. The Balaban J connectivity index is 2.76. The molecule has 0 aromatic rings. The Morgan fingerprint density at radius 3 is 2.77 bits per heavy atom. The average Bonchev–Trinajstić information content (AvgIpc) is 2.16. The second-order valence-corrected chi connectivity index (χ2v) is 3.88. The third-order valence-corrected chi connectivity index (χ3v) is 3.06. The van der Waals surface area contributed by atoms with E-state index in [1.807, 2.05) is 0 Å². The quantitative estimate of drug-likeness (QED) is 0.621. The number of aliphatic hydroxyl groups is 1. The van der Waals surface area contributed by atoms with Crippen molar-refractivity contribution in [3.63, 3.8) is 0 Å². The van der Waals surface area contributed by atoms with Crippen LogP contribution in [0.15, 0.2) is 0 Å². The molecule has 1 aliphatic carbocycles. The van der Waals surface area contributed by atoms with Gasteiger partial charge in [0.15, 0.2) is 6.10 Å². The third-order valence-electron chi connectivity index (χ3n) is 2.34. The van der Waals surface area contributed by atoms with Gasteiger partial charge in [0.25, 0.3) is 0 Å². The topological polar surface area (TPSA) is 74.6 Å². The summed E-state index contributed by atoms with van der Waals surface area (Å²) in [7, 11) is 0. The van der Waals surface area contributed by atoms with Crippen molar-refractivity contribution in [2.24, 2.45) is 5.92 Å². The highest BCUT2D eigenvalue weighted by molar-refractivity contribution is 7.66. The van der Waals surface area contributed by atoms with Crippen molar-refractivity contribution in [1.82, 2.24) is 0 Å². The van der Waals surface area contributed by atoms with Crippen molar-refractivity contribution in [2.45, 2.75) is 31.8 Å². The molecule has 4 nitrogen and oxygen atoms in total. The van der Waals surface area contributed by atoms with Crippen LogP contribution in [0.25, 0.3) is 0 Å². The molecule has 74 valence electrons. The van der Waals surface area contributed by atoms with E-state index in [9.17, 15) is 14.1 Å². The Morgan fingerprint density at radius 1 is 1.54 bits per heavy atom. The normalized spacial score (nSPS) is 25.3. The molecular formula is C8H12O4S. The van der Waals surface area contributed by atoms with Gasteiger partial charge in [0, 0.05) is 10.8 Å². The van der Waals surface area contributed by atoms with Crippen molar-refractivity contribution >= 4 is 22.1 Å². The standard InChI is InChI=1S/C8H12O4S/c9-7(8(10)11)5-3-1-2-4-6(5)13-12/h5,7,9H,1-4H2,(H,10,11). The van der Waals surface area contributed by atoms with Crippen molar-refractivity contribution in [3.05, 3.63) is 0 Å². The van der Waals surface area contributed by atoms with Crippen LogP contribution >= 0.6 is 0 Å². The first-order chi connectivity index (χ1) is 6.16. The van der Waals surface area contributed by atoms with Crippen LogP contribution in [0.2, 0.25) is 0 Å². The van der Waals surface area contributed by atoms with Crippen LogP contribution in [-0.2, 0) is 16.1 Å². The highest BCUT2D eigenvalue weighted by Crippen LogP contribution is 2.23. The van der Waals surface area contributed by atoms with Crippen molar-refractivity contribution in [1.29, 1.82) is 0 Å². The summed E-state index contributed by atoms with van der Waals surface area (Å²) in [6.07, 6.45) is 1.66. The summed E-state index contributed by atoms with van der Waals surface area (Å²) in [5.74, 6) is -1.69. The molecule has 0 amide bonds. The third kappa shape index (κ3) is 2.38. The Kier molecular flexibility index (Phi) is 3.62. The largest absolute Gasteiger partial charge is 0.479 e. The Bertz CT molecular complexity index is 257. The van der Waals surface area contributed by atoms with Crippen LogP contribution in [0, 0.1) is 5.92 Å². The van der Waals surface area contributed by atoms with E-state index in [0.29, 0.717) is 29.0 Å². The highest BCUT2D eigenvalue weighted by Gasteiger charge is 2.31. The molecule has 5 heteroatoms.